The van der Waals surface area contributed by atoms with Gasteiger partial charge in [0.1, 0.15) is 0 Å². The van der Waals surface area contributed by atoms with Crippen LogP contribution in [0.1, 0.15) is 32.6 Å². The molecule has 2 aliphatic rings. The first kappa shape index (κ1) is 12.3. The summed E-state index contributed by atoms with van der Waals surface area (Å²) in [5.41, 5.74) is 5.60. The SMILES string of the molecule is CN1CCCCC1CC1(C)OCC(CN)O1. The van der Waals surface area contributed by atoms with Crippen LogP contribution in [0.2, 0.25) is 0 Å². The number of nitrogens with zero attached hydrogens (tertiary/aromatic N) is 1. The van der Waals surface area contributed by atoms with E-state index in [0.717, 1.165) is 6.42 Å². The second-order valence-corrected chi connectivity index (χ2v) is 5.25. The molecule has 3 unspecified atom stereocenters. The Bertz CT molecular complexity index is 237. The smallest absolute Gasteiger partial charge is 0.167 e. The van der Waals surface area contributed by atoms with Crippen molar-refractivity contribution in [3.05, 3.63) is 0 Å². The summed E-state index contributed by atoms with van der Waals surface area (Å²) in [6.07, 6.45) is 4.94. The van der Waals surface area contributed by atoms with E-state index in [0.29, 0.717) is 19.2 Å². The van der Waals surface area contributed by atoms with Crippen molar-refractivity contribution in [1.82, 2.24) is 4.90 Å². The van der Waals surface area contributed by atoms with Gasteiger partial charge in [0.05, 0.1) is 12.7 Å². The Labute approximate surface area is 98.1 Å². The van der Waals surface area contributed by atoms with Crippen molar-refractivity contribution >= 4 is 0 Å². The molecule has 4 heteroatoms. The predicted octanol–water partition coefficient (Wildman–Crippen LogP) is 0.951. The predicted molar refractivity (Wildman–Crippen MR) is 63.2 cm³/mol. The Hall–Kier alpha value is -0.160. The van der Waals surface area contributed by atoms with E-state index in [1.165, 1.54) is 25.8 Å². The fourth-order valence-electron chi connectivity index (χ4n) is 2.74. The minimum Gasteiger partial charge on any atom is -0.347 e. The third kappa shape index (κ3) is 2.74. The van der Waals surface area contributed by atoms with Crippen LogP contribution in [0.5, 0.6) is 0 Å². The van der Waals surface area contributed by atoms with Crippen LogP contribution in [-0.2, 0) is 9.47 Å². The van der Waals surface area contributed by atoms with Gasteiger partial charge in [0, 0.05) is 19.0 Å². The van der Waals surface area contributed by atoms with Crippen LogP contribution in [0.15, 0.2) is 0 Å². The number of hydrogen-bond donors (Lipinski definition) is 1. The summed E-state index contributed by atoms with van der Waals surface area (Å²) in [5, 5.41) is 0. The van der Waals surface area contributed by atoms with E-state index in [9.17, 15) is 0 Å². The molecule has 2 heterocycles. The molecule has 2 aliphatic heterocycles. The molecule has 3 atom stereocenters. The van der Waals surface area contributed by atoms with E-state index in [1.807, 2.05) is 6.92 Å². The average molecular weight is 228 g/mol. The van der Waals surface area contributed by atoms with Crippen LogP contribution in [0.4, 0.5) is 0 Å². The number of rotatable bonds is 3. The fourth-order valence-corrected chi connectivity index (χ4v) is 2.74. The summed E-state index contributed by atoms with van der Waals surface area (Å²) in [6.45, 7) is 4.44. The molecule has 2 fully saturated rings. The third-order valence-corrected chi connectivity index (χ3v) is 3.78. The molecule has 16 heavy (non-hydrogen) atoms. The lowest BCUT2D eigenvalue weighted by atomic mass is 9.96. The molecule has 0 aromatic carbocycles. The van der Waals surface area contributed by atoms with Crippen molar-refractivity contribution < 1.29 is 9.47 Å². The van der Waals surface area contributed by atoms with Crippen molar-refractivity contribution in [2.24, 2.45) is 5.73 Å². The number of hydrogen-bond acceptors (Lipinski definition) is 4. The lowest BCUT2D eigenvalue weighted by Gasteiger charge is -2.37. The molecule has 4 nitrogen and oxygen atoms in total. The zero-order valence-corrected chi connectivity index (χ0v) is 10.4. The highest BCUT2D eigenvalue weighted by Crippen LogP contribution is 2.31. The summed E-state index contributed by atoms with van der Waals surface area (Å²) < 4.78 is 11.6. The zero-order valence-electron chi connectivity index (χ0n) is 10.4. The number of nitrogens with two attached hydrogens (primary N) is 1. The first-order chi connectivity index (χ1) is 7.63. The molecule has 0 aromatic rings. The normalized spacial score (nSPS) is 41.4. The van der Waals surface area contributed by atoms with Gasteiger partial charge in [-0.2, -0.15) is 0 Å². The minimum absolute atomic E-state index is 0.0823. The maximum Gasteiger partial charge on any atom is 0.167 e. The summed E-state index contributed by atoms with van der Waals surface area (Å²) in [7, 11) is 2.20. The van der Waals surface area contributed by atoms with Crippen LogP contribution in [-0.4, -0.2) is 49.6 Å². The Morgan fingerprint density at radius 2 is 2.25 bits per heavy atom. The number of likely N-dealkylation sites (tertiary alicyclic amines) is 1. The standard InChI is InChI=1S/C12H24N2O2/c1-12(15-9-11(8-13)16-12)7-10-5-3-4-6-14(10)2/h10-11H,3-9,13H2,1-2H3. The zero-order chi connectivity index (χ0) is 11.6. The molecular formula is C12H24N2O2. The van der Waals surface area contributed by atoms with Gasteiger partial charge in [-0.05, 0) is 33.4 Å². The van der Waals surface area contributed by atoms with E-state index in [1.54, 1.807) is 0 Å². The van der Waals surface area contributed by atoms with E-state index >= 15 is 0 Å². The van der Waals surface area contributed by atoms with Gasteiger partial charge in [-0.15, -0.1) is 0 Å². The van der Waals surface area contributed by atoms with Crippen molar-refractivity contribution in [3.8, 4) is 0 Å². The molecule has 0 saturated carbocycles. The molecule has 2 saturated heterocycles. The summed E-state index contributed by atoms with van der Waals surface area (Å²) in [5.74, 6) is -0.416. The highest BCUT2D eigenvalue weighted by atomic mass is 16.7. The quantitative estimate of drug-likeness (QED) is 0.781. The van der Waals surface area contributed by atoms with Crippen molar-refractivity contribution in [1.29, 1.82) is 0 Å². The van der Waals surface area contributed by atoms with E-state index in [2.05, 4.69) is 11.9 Å². The first-order valence-electron chi connectivity index (χ1n) is 6.35. The van der Waals surface area contributed by atoms with Gasteiger partial charge in [-0.1, -0.05) is 6.42 Å². The molecule has 94 valence electrons. The number of ether oxygens (including phenoxy) is 2. The average Bonchev–Trinajstić information content (AvgIpc) is 2.64. The van der Waals surface area contributed by atoms with Gasteiger partial charge in [0.15, 0.2) is 5.79 Å². The topological polar surface area (TPSA) is 47.7 Å². The fraction of sp³-hybridized carbons (Fsp3) is 1.00. The molecule has 0 aliphatic carbocycles. The molecule has 0 radical (unpaired) electrons. The third-order valence-electron chi connectivity index (χ3n) is 3.78. The highest BCUT2D eigenvalue weighted by molar-refractivity contribution is 4.84. The van der Waals surface area contributed by atoms with Crippen LogP contribution in [0.25, 0.3) is 0 Å². The maximum absolute atomic E-state index is 5.88. The Kier molecular flexibility index (Phi) is 3.85. The molecule has 2 rings (SSSR count). The summed E-state index contributed by atoms with van der Waals surface area (Å²) in [6, 6.07) is 0.593. The monoisotopic (exact) mass is 228 g/mol. The van der Waals surface area contributed by atoms with Crippen LogP contribution in [0.3, 0.4) is 0 Å². The second-order valence-electron chi connectivity index (χ2n) is 5.25. The van der Waals surface area contributed by atoms with Gasteiger partial charge in [-0.25, -0.2) is 0 Å². The molecule has 0 bridgehead atoms. The second kappa shape index (κ2) is 5.00. The van der Waals surface area contributed by atoms with Crippen molar-refractivity contribution in [2.75, 3.05) is 26.7 Å². The maximum atomic E-state index is 5.88. The summed E-state index contributed by atoms with van der Waals surface area (Å²) in [4.78, 5) is 2.43. The largest absolute Gasteiger partial charge is 0.347 e. The van der Waals surface area contributed by atoms with Crippen LogP contribution >= 0.6 is 0 Å². The van der Waals surface area contributed by atoms with Gasteiger partial charge in [0.25, 0.3) is 0 Å². The molecule has 0 aromatic heterocycles. The Morgan fingerprint density at radius 1 is 1.44 bits per heavy atom. The molecule has 2 N–H and O–H groups in total. The number of piperidine rings is 1. The molecule has 0 spiro atoms. The van der Waals surface area contributed by atoms with Gasteiger partial charge < -0.3 is 20.1 Å². The van der Waals surface area contributed by atoms with Crippen LogP contribution < -0.4 is 5.73 Å². The molecular weight excluding hydrogens is 204 g/mol. The van der Waals surface area contributed by atoms with Gasteiger partial charge in [0.2, 0.25) is 0 Å². The lowest BCUT2D eigenvalue weighted by molar-refractivity contribution is -0.168. The van der Waals surface area contributed by atoms with E-state index < -0.39 is 5.79 Å². The van der Waals surface area contributed by atoms with E-state index in [-0.39, 0.29) is 6.10 Å². The van der Waals surface area contributed by atoms with Crippen LogP contribution in [0, 0.1) is 0 Å². The van der Waals surface area contributed by atoms with E-state index in [4.69, 9.17) is 15.2 Å². The van der Waals surface area contributed by atoms with Gasteiger partial charge in [-0.3, -0.25) is 0 Å². The van der Waals surface area contributed by atoms with Gasteiger partial charge >= 0.3 is 0 Å². The molecule has 0 amide bonds. The highest BCUT2D eigenvalue weighted by Gasteiger charge is 2.39. The van der Waals surface area contributed by atoms with Crippen molar-refractivity contribution in [2.45, 2.75) is 50.5 Å². The Balaban J connectivity index is 1.88. The minimum atomic E-state index is -0.416. The first-order valence-corrected chi connectivity index (χ1v) is 6.35. The Morgan fingerprint density at radius 3 is 2.88 bits per heavy atom. The van der Waals surface area contributed by atoms with Crippen molar-refractivity contribution in [3.63, 3.8) is 0 Å². The lowest BCUT2D eigenvalue weighted by Crippen LogP contribution is -2.43. The summed E-state index contributed by atoms with van der Waals surface area (Å²) >= 11 is 0.